The van der Waals surface area contributed by atoms with E-state index in [2.05, 4.69) is 10.3 Å². The Labute approximate surface area is 144 Å². The minimum atomic E-state index is -1.34. The summed E-state index contributed by atoms with van der Waals surface area (Å²) in [5.41, 5.74) is 1.02. The molecule has 0 bridgehead atoms. The van der Waals surface area contributed by atoms with Crippen LogP contribution in [0.15, 0.2) is 60.9 Å². The van der Waals surface area contributed by atoms with Crippen LogP contribution in [0.3, 0.4) is 0 Å². The van der Waals surface area contributed by atoms with E-state index in [0.717, 1.165) is 10.9 Å². The van der Waals surface area contributed by atoms with Crippen molar-refractivity contribution in [3.05, 3.63) is 60.9 Å². The van der Waals surface area contributed by atoms with E-state index in [1.807, 2.05) is 41.1 Å². The minimum absolute atomic E-state index is 0.104. The van der Waals surface area contributed by atoms with E-state index < -0.39 is 17.6 Å². The highest BCUT2D eigenvalue weighted by Gasteiger charge is 2.26. The predicted molar refractivity (Wildman–Crippen MR) is 93.5 cm³/mol. The van der Waals surface area contributed by atoms with Crippen molar-refractivity contribution in [2.75, 3.05) is 5.32 Å². The molecular formula is C19H16N4O2. The number of hydrogen-bond donors (Lipinski definition) is 1. The third-order valence-corrected chi connectivity index (χ3v) is 3.91. The van der Waals surface area contributed by atoms with Crippen LogP contribution in [0.1, 0.15) is 6.42 Å². The van der Waals surface area contributed by atoms with E-state index in [-0.39, 0.29) is 6.42 Å². The number of nitriles is 1. The standard InChI is InChI=1S/C19H16N4O2/c20-13-15(19(25)22-18-7-3-4-10-21-18)17(24)9-12-23-11-8-14-5-1-2-6-16(14)23/h1-8,10-11,15H,9,12H2,(H,21,22,25)/t15-/m0/s1. The van der Waals surface area contributed by atoms with Crippen LogP contribution in [0.25, 0.3) is 10.9 Å². The molecule has 1 amide bonds. The summed E-state index contributed by atoms with van der Waals surface area (Å²) in [5, 5.41) is 12.8. The number of fused-ring (bicyclic) bond motifs is 1. The normalized spacial score (nSPS) is 11.6. The van der Waals surface area contributed by atoms with E-state index in [0.29, 0.717) is 12.4 Å². The average molecular weight is 332 g/mol. The zero-order chi connectivity index (χ0) is 17.6. The highest BCUT2D eigenvalue weighted by atomic mass is 16.2. The third kappa shape index (κ3) is 3.72. The number of aryl methyl sites for hydroxylation is 1. The number of nitrogens with zero attached hydrogens (tertiary/aromatic N) is 3. The molecule has 0 fully saturated rings. The van der Waals surface area contributed by atoms with Crippen LogP contribution in [0.2, 0.25) is 0 Å². The molecule has 124 valence electrons. The second-order valence-electron chi connectivity index (χ2n) is 5.55. The summed E-state index contributed by atoms with van der Waals surface area (Å²) in [5.74, 6) is -2.09. The fourth-order valence-electron chi connectivity index (χ4n) is 2.62. The topological polar surface area (TPSA) is 87.8 Å². The fourth-order valence-corrected chi connectivity index (χ4v) is 2.62. The molecule has 1 aromatic carbocycles. The van der Waals surface area contributed by atoms with Crippen molar-refractivity contribution < 1.29 is 9.59 Å². The van der Waals surface area contributed by atoms with Crippen LogP contribution in [-0.2, 0) is 16.1 Å². The Bertz CT molecular complexity index is 941. The van der Waals surface area contributed by atoms with Gasteiger partial charge in [-0.05, 0) is 29.7 Å². The van der Waals surface area contributed by atoms with Gasteiger partial charge in [-0.25, -0.2) is 4.98 Å². The lowest BCUT2D eigenvalue weighted by Gasteiger charge is -2.10. The molecule has 6 nitrogen and oxygen atoms in total. The lowest BCUT2D eigenvalue weighted by Crippen LogP contribution is -2.29. The molecule has 1 N–H and O–H groups in total. The molecular weight excluding hydrogens is 316 g/mol. The van der Waals surface area contributed by atoms with Crippen LogP contribution < -0.4 is 5.32 Å². The highest BCUT2D eigenvalue weighted by molar-refractivity contribution is 6.09. The molecule has 2 aromatic heterocycles. The molecule has 0 aliphatic heterocycles. The third-order valence-electron chi connectivity index (χ3n) is 3.91. The molecule has 0 saturated heterocycles. The van der Waals surface area contributed by atoms with Crippen molar-refractivity contribution in [3.63, 3.8) is 0 Å². The van der Waals surface area contributed by atoms with Crippen molar-refractivity contribution in [2.45, 2.75) is 13.0 Å². The number of pyridine rings is 1. The molecule has 3 rings (SSSR count). The maximum atomic E-state index is 12.3. The highest BCUT2D eigenvalue weighted by Crippen LogP contribution is 2.16. The van der Waals surface area contributed by atoms with Crippen molar-refractivity contribution in [1.82, 2.24) is 9.55 Å². The van der Waals surface area contributed by atoms with Crippen molar-refractivity contribution in [1.29, 1.82) is 5.26 Å². The minimum Gasteiger partial charge on any atom is -0.347 e. The number of para-hydroxylation sites is 1. The Kier molecular flexibility index (Phi) is 4.86. The van der Waals surface area contributed by atoms with E-state index in [1.54, 1.807) is 24.3 Å². The number of aromatic nitrogens is 2. The number of anilines is 1. The van der Waals surface area contributed by atoms with Gasteiger partial charge in [0.1, 0.15) is 5.82 Å². The predicted octanol–water partition coefficient (Wildman–Crippen LogP) is 2.77. The van der Waals surface area contributed by atoms with Gasteiger partial charge in [-0.15, -0.1) is 0 Å². The van der Waals surface area contributed by atoms with Crippen LogP contribution in [0.5, 0.6) is 0 Å². The fraction of sp³-hybridized carbons (Fsp3) is 0.158. The first-order valence-electron chi connectivity index (χ1n) is 7.87. The number of hydrogen-bond acceptors (Lipinski definition) is 4. The summed E-state index contributed by atoms with van der Waals surface area (Å²) in [4.78, 5) is 28.4. The Morgan fingerprint density at radius 3 is 2.72 bits per heavy atom. The number of Topliss-reactive ketones (excluding diaryl/α,β-unsaturated/α-hetero) is 1. The summed E-state index contributed by atoms with van der Waals surface area (Å²) in [6.07, 6.45) is 3.52. The Hall–Kier alpha value is -3.46. The monoisotopic (exact) mass is 332 g/mol. The van der Waals surface area contributed by atoms with Gasteiger partial charge >= 0.3 is 0 Å². The quantitative estimate of drug-likeness (QED) is 0.703. The summed E-state index contributed by atoms with van der Waals surface area (Å²) in [6, 6.07) is 16.6. The maximum absolute atomic E-state index is 12.3. The summed E-state index contributed by atoms with van der Waals surface area (Å²) < 4.78 is 1.94. The lowest BCUT2D eigenvalue weighted by atomic mass is 10.0. The molecule has 0 saturated carbocycles. The van der Waals surface area contributed by atoms with Gasteiger partial charge in [0.2, 0.25) is 0 Å². The molecule has 3 aromatic rings. The van der Waals surface area contributed by atoms with Gasteiger partial charge in [0.15, 0.2) is 11.7 Å². The number of rotatable bonds is 6. The molecule has 0 aliphatic carbocycles. The molecule has 0 radical (unpaired) electrons. The summed E-state index contributed by atoms with van der Waals surface area (Å²) >= 11 is 0. The first kappa shape index (κ1) is 16.4. The Morgan fingerprint density at radius 2 is 1.96 bits per heavy atom. The second-order valence-corrected chi connectivity index (χ2v) is 5.55. The zero-order valence-corrected chi connectivity index (χ0v) is 13.4. The van der Waals surface area contributed by atoms with Gasteiger partial charge in [-0.2, -0.15) is 5.26 Å². The van der Waals surface area contributed by atoms with Crippen molar-refractivity contribution >= 4 is 28.4 Å². The van der Waals surface area contributed by atoms with E-state index in [1.165, 1.54) is 6.20 Å². The first-order valence-corrected chi connectivity index (χ1v) is 7.87. The van der Waals surface area contributed by atoms with Gasteiger partial charge in [0.25, 0.3) is 5.91 Å². The number of ketones is 1. The Morgan fingerprint density at radius 1 is 1.16 bits per heavy atom. The number of carbonyl (C=O) groups is 2. The molecule has 0 aliphatic rings. The van der Waals surface area contributed by atoms with E-state index in [4.69, 9.17) is 0 Å². The van der Waals surface area contributed by atoms with Crippen molar-refractivity contribution in [2.24, 2.45) is 5.92 Å². The van der Waals surface area contributed by atoms with Gasteiger partial charge in [0, 0.05) is 30.9 Å². The van der Waals surface area contributed by atoms with Crippen LogP contribution in [0, 0.1) is 17.2 Å². The van der Waals surface area contributed by atoms with Gasteiger partial charge in [-0.3, -0.25) is 9.59 Å². The summed E-state index contributed by atoms with van der Waals surface area (Å²) in [6.45, 7) is 0.418. The average Bonchev–Trinajstić information content (AvgIpc) is 3.04. The smallest absolute Gasteiger partial charge is 0.250 e. The lowest BCUT2D eigenvalue weighted by molar-refractivity contribution is -0.129. The van der Waals surface area contributed by atoms with Gasteiger partial charge in [-0.1, -0.05) is 24.3 Å². The van der Waals surface area contributed by atoms with Crippen molar-refractivity contribution in [3.8, 4) is 6.07 Å². The van der Waals surface area contributed by atoms with Crippen LogP contribution in [-0.4, -0.2) is 21.2 Å². The SMILES string of the molecule is N#C[C@@H](C(=O)CCn1ccc2ccccc21)C(=O)Nc1ccccn1. The largest absolute Gasteiger partial charge is 0.347 e. The first-order chi connectivity index (χ1) is 12.2. The van der Waals surface area contributed by atoms with Crippen LogP contribution >= 0.6 is 0 Å². The van der Waals surface area contributed by atoms with Gasteiger partial charge in [0.05, 0.1) is 6.07 Å². The number of benzene rings is 1. The molecule has 6 heteroatoms. The summed E-state index contributed by atoms with van der Waals surface area (Å²) in [7, 11) is 0. The Balaban J connectivity index is 1.64. The van der Waals surface area contributed by atoms with Gasteiger partial charge < -0.3 is 9.88 Å². The van der Waals surface area contributed by atoms with Crippen LogP contribution in [0.4, 0.5) is 5.82 Å². The van der Waals surface area contributed by atoms with E-state index >= 15 is 0 Å². The molecule has 0 spiro atoms. The maximum Gasteiger partial charge on any atom is 0.250 e. The number of nitrogens with one attached hydrogen (secondary N) is 1. The molecule has 1 atom stereocenters. The molecule has 2 heterocycles. The zero-order valence-electron chi connectivity index (χ0n) is 13.4. The molecule has 25 heavy (non-hydrogen) atoms. The number of carbonyl (C=O) groups excluding carboxylic acids is 2. The van der Waals surface area contributed by atoms with E-state index in [9.17, 15) is 14.9 Å². The molecule has 0 unspecified atom stereocenters. The second kappa shape index (κ2) is 7.41. The number of amides is 1.